The first-order valence-corrected chi connectivity index (χ1v) is 8.25. The molecule has 1 rings (SSSR count). The van der Waals surface area contributed by atoms with E-state index in [4.69, 9.17) is 0 Å². The van der Waals surface area contributed by atoms with E-state index in [2.05, 4.69) is 31.2 Å². The Morgan fingerprint density at radius 3 is 1.44 bits per heavy atom. The van der Waals surface area contributed by atoms with Gasteiger partial charge in [0, 0.05) is 0 Å². The smallest absolute Gasteiger partial charge is 0.460 e. The predicted octanol–water partition coefficient (Wildman–Crippen LogP) is 0.408. The number of alkyl halides is 9. The van der Waals surface area contributed by atoms with Crippen molar-refractivity contribution in [3.8, 4) is 0 Å². The lowest BCUT2D eigenvalue weighted by atomic mass is 10.1. The van der Waals surface area contributed by atoms with Gasteiger partial charge in [0.15, 0.2) is 13.7 Å². The van der Waals surface area contributed by atoms with Gasteiger partial charge in [-0.3, -0.25) is 0 Å². The number of benzene rings is 1. The van der Waals surface area contributed by atoms with E-state index in [0.29, 0.717) is 0 Å². The topological polar surface area (TPSA) is 57.2 Å². The van der Waals surface area contributed by atoms with Crippen LogP contribution < -0.4 is 22.6 Å². The molecule has 0 saturated carbocycles. The van der Waals surface area contributed by atoms with Gasteiger partial charge in [0.2, 0.25) is 0 Å². The van der Waals surface area contributed by atoms with Crippen LogP contribution in [0.15, 0.2) is 24.3 Å². The number of halogens is 10. The van der Waals surface area contributed by atoms with E-state index in [0.717, 1.165) is 0 Å². The minimum atomic E-state index is -7.43. The van der Waals surface area contributed by atoms with Crippen LogP contribution in [-0.4, -0.2) is 36.2 Å². The summed E-state index contributed by atoms with van der Waals surface area (Å²) < 4.78 is 137. The Morgan fingerprint density at radius 2 is 1.20 bits per heavy atom. The molecule has 0 atom stereocenters. The molecule has 25 heavy (non-hydrogen) atoms. The van der Waals surface area contributed by atoms with E-state index in [1.807, 2.05) is 22.6 Å². The second-order valence-electron chi connectivity index (χ2n) is 4.43. The van der Waals surface area contributed by atoms with Crippen LogP contribution in [0.25, 0.3) is 0 Å². The van der Waals surface area contributed by atoms with Crippen LogP contribution in [0.5, 0.6) is 0 Å². The minimum absolute atomic E-state index is 1.33. The lowest BCUT2D eigenvalue weighted by molar-refractivity contribution is -0.382. The van der Waals surface area contributed by atoms with Gasteiger partial charge in [-0.05, 0) is 19.1 Å². The monoisotopic (exact) mass is 518 g/mol. The van der Waals surface area contributed by atoms with Crippen LogP contribution in [0.3, 0.4) is 0 Å². The molecule has 0 unspecified atom stereocenters. The Balaban J connectivity index is 0.000000593. The van der Waals surface area contributed by atoms with Gasteiger partial charge in [0.25, 0.3) is 22.6 Å². The summed E-state index contributed by atoms with van der Waals surface area (Å²) in [5.41, 5.74) is 1.33. The van der Waals surface area contributed by atoms with Crippen molar-refractivity contribution < 1.29 is 75.1 Å². The Labute approximate surface area is 149 Å². The zero-order chi connectivity index (χ0) is 20.5. The third-order valence-corrected chi connectivity index (χ3v) is 4.11. The predicted molar refractivity (Wildman–Crippen MR) is 61.9 cm³/mol. The Bertz CT molecular complexity index is 663. The quantitative estimate of drug-likeness (QED) is 0.331. The summed E-state index contributed by atoms with van der Waals surface area (Å²) in [6.45, 7) is 2.10. The van der Waals surface area contributed by atoms with E-state index >= 15 is 0 Å². The molecule has 0 spiro atoms. The van der Waals surface area contributed by atoms with Crippen LogP contribution in [0.2, 0.25) is 0 Å². The van der Waals surface area contributed by atoms with Gasteiger partial charge < -0.3 is 4.55 Å². The SMILES string of the molecule is Cc1ccc([IH+])cc1.O=S(=O)([O-])C(F)(F)C(F)(F)C(F)(F)C(F)(F)F. The van der Waals surface area contributed by atoms with E-state index in [9.17, 15) is 52.5 Å². The molecule has 1 aromatic carbocycles. The number of hydrogen-bond acceptors (Lipinski definition) is 3. The molecule has 0 aliphatic heterocycles. The molecule has 0 aromatic heterocycles. The maximum absolute atomic E-state index is 12.2. The molecule has 0 aliphatic carbocycles. The van der Waals surface area contributed by atoms with Crippen LogP contribution in [-0.2, 0) is 10.1 Å². The van der Waals surface area contributed by atoms with Gasteiger partial charge >= 0.3 is 23.3 Å². The third kappa shape index (κ3) is 5.12. The average molecular weight is 518 g/mol. The molecule has 146 valence electrons. The molecule has 0 fully saturated rings. The third-order valence-electron chi connectivity index (χ3n) is 2.45. The van der Waals surface area contributed by atoms with Crippen molar-refractivity contribution in [3.63, 3.8) is 0 Å². The summed E-state index contributed by atoms with van der Waals surface area (Å²) in [6.07, 6.45) is -7.16. The highest BCUT2D eigenvalue weighted by atomic mass is 127. The molecule has 14 heteroatoms. The summed E-state index contributed by atoms with van der Waals surface area (Å²) in [5.74, 6) is -14.8. The molecule has 3 nitrogen and oxygen atoms in total. The molecular formula is C11H8F9IO3S. The van der Waals surface area contributed by atoms with Crippen LogP contribution in [0.1, 0.15) is 5.56 Å². The molecular weight excluding hydrogens is 510 g/mol. The van der Waals surface area contributed by atoms with Crippen molar-refractivity contribution in [2.24, 2.45) is 0 Å². The van der Waals surface area contributed by atoms with Crippen molar-refractivity contribution in [1.29, 1.82) is 0 Å². The first-order valence-electron chi connectivity index (χ1n) is 5.68. The maximum Gasteiger partial charge on any atom is 0.460 e. The van der Waals surface area contributed by atoms with Crippen LogP contribution >= 0.6 is 0 Å². The van der Waals surface area contributed by atoms with Gasteiger partial charge in [-0.15, -0.1) is 0 Å². The summed E-state index contributed by atoms with van der Waals surface area (Å²) in [6, 6.07) is 8.50. The number of rotatable bonds is 3. The molecule has 0 aliphatic rings. The lowest BCUT2D eigenvalue weighted by Crippen LogP contribution is -3.34. The largest absolute Gasteiger partial charge is 0.743 e. The Hall–Kier alpha value is -0.770. The fourth-order valence-corrected chi connectivity index (χ4v) is 1.89. The molecule has 0 saturated heterocycles. The molecule has 0 radical (unpaired) electrons. The highest BCUT2D eigenvalue weighted by molar-refractivity contribution is 7.86. The van der Waals surface area contributed by atoms with Crippen LogP contribution in [0.4, 0.5) is 39.5 Å². The lowest BCUT2D eigenvalue weighted by Gasteiger charge is -2.34. The normalized spacial score (nSPS) is 13.9. The van der Waals surface area contributed by atoms with Crippen molar-refractivity contribution in [3.05, 3.63) is 33.4 Å². The average Bonchev–Trinajstić information content (AvgIpc) is 2.40. The van der Waals surface area contributed by atoms with Crippen molar-refractivity contribution in [2.75, 3.05) is 0 Å². The zero-order valence-corrected chi connectivity index (χ0v) is 14.9. The standard InChI is InChI=1S/C7H8I.C4HF9O3S/c1-6-2-4-7(8)5-3-6;5-1(6,3(9,10)11)2(7,8)4(12,13)17(14,15)16/h2-5,8H,1H3;(H,14,15,16)/q+1;/p-1. The van der Waals surface area contributed by atoms with Gasteiger partial charge in [0.1, 0.15) is 0 Å². The second kappa shape index (κ2) is 7.46. The molecule has 0 N–H and O–H groups in total. The van der Waals surface area contributed by atoms with E-state index < -0.39 is 33.4 Å². The van der Waals surface area contributed by atoms with Crippen molar-refractivity contribution in [1.82, 2.24) is 0 Å². The Kier molecular flexibility index (Phi) is 7.23. The first-order chi connectivity index (χ1) is 10.8. The van der Waals surface area contributed by atoms with Gasteiger partial charge in [-0.25, -0.2) is 8.42 Å². The molecule has 0 bridgehead atoms. The Morgan fingerprint density at radius 1 is 0.840 bits per heavy atom. The molecule has 1 aromatic rings. The fourth-order valence-electron chi connectivity index (χ4n) is 1.06. The van der Waals surface area contributed by atoms with Crippen molar-refractivity contribution in [2.45, 2.75) is 30.2 Å². The number of hydrogen-bond donors (Lipinski definition) is 0. The van der Waals surface area contributed by atoms with E-state index in [1.165, 1.54) is 9.13 Å². The highest BCUT2D eigenvalue weighted by Crippen LogP contribution is 2.54. The zero-order valence-electron chi connectivity index (χ0n) is 11.8. The summed E-state index contributed by atoms with van der Waals surface area (Å²) >= 11 is 2.03. The first kappa shape index (κ1) is 24.2. The summed E-state index contributed by atoms with van der Waals surface area (Å²) in [7, 11) is -7.42. The minimum Gasteiger partial charge on any atom is -0.743 e. The van der Waals surface area contributed by atoms with E-state index in [-0.39, 0.29) is 0 Å². The van der Waals surface area contributed by atoms with E-state index in [1.54, 1.807) is 0 Å². The van der Waals surface area contributed by atoms with Gasteiger partial charge in [-0.1, -0.05) is 17.7 Å². The van der Waals surface area contributed by atoms with Crippen LogP contribution in [0, 0.1) is 10.5 Å². The number of aryl methyl sites for hydroxylation is 1. The second-order valence-corrected chi connectivity index (χ2v) is 7.20. The maximum atomic E-state index is 12.2. The highest BCUT2D eigenvalue weighted by Gasteiger charge is 2.83. The van der Waals surface area contributed by atoms with Gasteiger partial charge in [-0.2, -0.15) is 39.5 Å². The summed E-state index contributed by atoms with van der Waals surface area (Å²) in [4.78, 5) is 0. The summed E-state index contributed by atoms with van der Waals surface area (Å²) in [5, 5.41) is -7.11. The molecule has 0 heterocycles. The molecule has 0 amide bonds. The van der Waals surface area contributed by atoms with Gasteiger partial charge in [0.05, 0.1) is 0 Å². The fraction of sp³-hybridized carbons (Fsp3) is 0.455. The van der Waals surface area contributed by atoms with Crippen molar-refractivity contribution >= 4 is 10.1 Å².